The highest BCUT2D eigenvalue weighted by molar-refractivity contribution is 14.0. The van der Waals surface area contributed by atoms with Crippen LogP contribution in [0.3, 0.4) is 0 Å². The Morgan fingerprint density at radius 1 is 1.33 bits per heavy atom. The molecule has 1 fully saturated rings. The summed E-state index contributed by atoms with van der Waals surface area (Å²) in [5.74, 6) is 3.38. The van der Waals surface area contributed by atoms with Gasteiger partial charge in [0.05, 0.1) is 14.2 Å². The molecule has 24 heavy (non-hydrogen) atoms. The second-order valence-electron chi connectivity index (χ2n) is 6.12. The van der Waals surface area contributed by atoms with Crippen molar-refractivity contribution in [2.24, 2.45) is 10.9 Å². The molecule has 2 rings (SSSR count). The first-order valence-electron chi connectivity index (χ1n) is 8.28. The highest BCUT2D eigenvalue weighted by Crippen LogP contribution is 2.34. The van der Waals surface area contributed by atoms with E-state index in [9.17, 15) is 0 Å². The number of guanidine groups is 1. The highest BCUT2D eigenvalue weighted by atomic mass is 127. The lowest BCUT2D eigenvalue weighted by molar-refractivity contribution is 0.382. The molecule has 1 aromatic rings. The fraction of sp³-hybridized carbons (Fsp3) is 0.611. The van der Waals surface area contributed by atoms with Gasteiger partial charge in [-0.15, -0.1) is 24.0 Å². The van der Waals surface area contributed by atoms with Gasteiger partial charge in [-0.1, -0.05) is 13.3 Å². The number of hydrogen-bond donors (Lipinski definition) is 1. The molecule has 1 aliphatic carbocycles. The molecule has 5 nitrogen and oxygen atoms in total. The Morgan fingerprint density at radius 2 is 2.08 bits per heavy atom. The van der Waals surface area contributed by atoms with Crippen LogP contribution in [0, 0.1) is 5.92 Å². The number of aliphatic imine (C=N–C) groups is 1. The Hall–Kier alpha value is -1.18. The number of benzene rings is 1. The maximum Gasteiger partial charge on any atom is 0.193 e. The second kappa shape index (κ2) is 9.96. The number of rotatable bonds is 7. The monoisotopic (exact) mass is 447 g/mol. The molecule has 0 radical (unpaired) electrons. The minimum absolute atomic E-state index is 0. The SMILES string of the molecule is CCCC1CC1NC(=NC)N(C)Cc1ccc(OC)cc1OC.I. The summed E-state index contributed by atoms with van der Waals surface area (Å²) in [5, 5.41) is 3.57. The standard InChI is InChI=1S/C18H29N3O2.HI/c1-6-7-13-10-16(13)20-18(19-2)21(3)12-14-8-9-15(22-4)11-17(14)23-5;/h8-9,11,13,16H,6-7,10,12H2,1-5H3,(H,19,20);1H. The summed E-state index contributed by atoms with van der Waals surface area (Å²) in [7, 11) is 7.23. The average molecular weight is 447 g/mol. The van der Waals surface area contributed by atoms with Crippen molar-refractivity contribution in [1.29, 1.82) is 0 Å². The zero-order valence-electron chi connectivity index (χ0n) is 15.3. The van der Waals surface area contributed by atoms with Gasteiger partial charge >= 0.3 is 0 Å². The summed E-state index contributed by atoms with van der Waals surface area (Å²) in [5.41, 5.74) is 1.11. The molecule has 0 spiro atoms. The Morgan fingerprint density at radius 3 is 2.67 bits per heavy atom. The maximum atomic E-state index is 5.48. The van der Waals surface area contributed by atoms with Gasteiger partial charge in [0.15, 0.2) is 5.96 Å². The summed E-state index contributed by atoms with van der Waals surface area (Å²) in [6.45, 7) is 2.98. The summed E-state index contributed by atoms with van der Waals surface area (Å²) < 4.78 is 10.7. The summed E-state index contributed by atoms with van der Waals surface area (Å²) in [4.78, 5) is 6.54. The van der Waals surface area contributed by atoms with Gasteiger partial charge in [-0.3, -0.25) is 4.99 Å². The van der Waals surface area contributed by atoms with Gasteiger partial charge in [0.25, 0.3) is 0 Å². The third-order valence-electron chi connectivity index (χ3n) is 4.37. The van der Waals surface area contributed by atoms with Gasteiger partial charge < -0.3 is 19.7 Å². The zero-order chi connectivity index (χ0) is 16.8. The predicted octanol–water partition coefficient (Wildman–Crippen LogP) is 3.52. The van der Waals surface area contributed by atoms with Crippen molar-refractivity contribution in [3.8, 4) is 11.5 Å². The van der Waals surface area contributed by atoms with E-state index < -0.39 is 0 Å². The van der Waals surface area contributed by atoms with Crippen LogP contribution in [0.4, 0.5) is 0 Å². The number of nitrogens with one attached hydrogen (secondary N) is 1. The molecule has 1 N–H and O–H groups in total. The molecule has 0 aliphatic heterocycles. The van der Waals surface area contributed by atoms with E-state index in [0.717, 1.165) is 35.5 Å². The molecule has 1 saturated carbocycles. The average Bonchev–Trinajstić information content (AvgIpc) is 3.30. The summed E-state index contributed by atoms with van der Waals surface area (Å²) in [6.07, 6.45) is 3.80. The van der Waals surface area contributed by atoms with Crippen molar-refractivity contribution in [2.45, 2.75) is 38.8 Å². The number of ether oxygens (including phenoxy) is 2. The van der Waals surface area contributed by atoms with Gasteiger partial charge in [0.1, 0.15) is 11.5 Å². The number of halogens is 1. The topological polar surface area (TPSA) is 46.1 Å². The number of hydrogen-bond acceptors (Lipinski definition) is 3. The molecular weight excluding hydrogens is 417 g/mol. The van der Waals surface area contributed by atoms with Crippen molar-refractivity contribution < 1.29 is 9.47 Å². The van der Waals surface area contributed by atoms with Crippen LogP contribution in [0.15, 0.2) is 23.2 Å². The van der Waals surface area contributed by atoms with Crippen molar-refractivity contribution in [3.05, 3.63) is 23.8 Å². The Bertz CT molecular complexity index is 551. The van der Waals surface area contributed by atoms with Gasteiger partial charge in [0.2, 0.25) is 0 Å². The summed E-state index contributed by atoms with van der Waals surface area (Å²) in [6, 6.07) is 6.49. The largest absolute Gasteiger partial charge is 0.497 e. The highest BCUT2D eigenvalue weighted by Gasteiger charge is 2.37. The minimum Gasteiger partial charge on any atom is -0.497 e. The van der Waals surface area contributed by atoms with E-state index in [1.54, 1.807) is 14.2 Å². The van der Waals surface area contributed by atoms with Crippen LogP contribution in [0.1, 0.15) is 31.7 Å². The molecule has 2 unspecified atom stereocenters. The molecule has 0 bridgehead atoms. The van der Waals surface area contributed by atoms with Crippen LogP contribution in [0.5, 0.6) is 11.5 Å². The smallest absolute Gasteiger partial charge is 0.193 e. The lowest BCUT2D eigenvalue weighted by Gasteiger charge is -2.23. The van der Waals surface area contributed by atoms with Crippen LogP contribution in [-0.2, 0) is 6.54 Å². The Labute approximate surface area is 162 Å². The molecule has 0 saturated heterocycles. The number of methoxy groups -OCH3 is 2. The maximum absolute atomic E-state index is 5.48. The van der Waals surface area contributed by atoms with Gasteiger partial charge in [-0.25, -0.2) is 0 Å². The van der Waals surface area contributed by atoms with E-state index in [1.807, 2.05) is 25.2 Å². The van der Waals surface area contributed by atoms with E-state index in [4.69, 9.17) is 9.47 Å². The normalized spacial score (nSPS) is 19.3. The molecule has 1 aromatic carbocycles. The molecule has 0 aromatic heterocycles. The third kappa shape index (κ3) is 5.43. The quantitative estimate of drug-likeness (QED) is 0.395. The van der Waals surface area contributed by atoms with E-state index in [-0.39, 0.29) is 24.0 Å². The number of nitrogens with zero attached hydrogens (tertiary/aromatic N) is 2. The van der Waals surface area contributed by atoms with Crippen molar-refractivity contribution in [3.63, 3.8) is 0 Å². The molecule has 6 heteroatoms. The van der Waals surface area contributed by atoms with Crippen molar-refractivity contribution in [2.75, 3.05) is 28.3 Å². The molecule has 0 amide bonds. The first-order chi connectivity index (χ1) is 11.1. The van der Waals surface area contributed by atoms with Crippen LogP contribution >= 0.6 is 24.0 Å². The van der Waals surface area contributed by atoms with E-state index in [0.29, 0.717) is 6.04 Å². The van der Waals surface area contributed by atoms with Crippen molar-refractivity contribution in [1.82, 2.24) is 10.2 Å². The first-order valence-corrected chi connectivity index (χ1v) is 8.28. The minimum atomic E-state index is 0. The lowest BCUT2D eigenvalue weighted by Crippen LogP contribution is -2.40. The van der Waals surface area contributed by atoms with Crippen LogP contribution < -0.4 is 14.8 Å². The van der Waals surface area contributed by atoms with Gasteiger partial charge in [-0.2, -0.15) is 0 Å². The fourth-order valence-corrected chi connectivity index (χ4v) is 2.94. The summed E-state index contributed by atoms with van der Waals surface area (Å²) >= 11 is 0. The molecule has 1 aliphatic rings. The Kier molecular flexibility index (Phi) is 8.66. The van der Waals surface area contributed by atoms with E-state index in [2.05, 4.69) is 29.2 Å². The molecule has 136 valence electrons. The Balaban J connectivity index is 0.00000288. The third-order valence-corrected chi connectivity index (χ3v) is 4.37. The first kappa shape index (κ1) is 20.9. The van der Waals surface area contributed by atoms with Crippen LogP contribution in [0.2, 0.25) is 0 Å². The molecule has 2 atom stereocenters. The second-order valence-corrected chi connectivity index (χ2v) is 6.12. The van der Waals surface area contributed by atoms with E-state index >= 15 is 0 Å². The van der Waals surface area contributed by atoms with Crippen LogP contribution in [0.25, 0.3) is 0 Å². The van der Waals surface area contributed by atoms with Gasteiger partial charge in [-0.05, 0) is 30.9 Å². The molecular formula is C18H30IN3O2. The van der Waals surface area contributed by atoms with E-state index in [1.165, 1.54) is 19.3 Å². The van der Waals surface area contributed by atoms with Gasteiger partial charge in [0, 0.05) is 38.3 Å². The predicted molar refractivity (Wildman–Crippen MR) is 110 cm³/mol. The fourth-order valence-electron chi connectivity index (χ4n) is 2.94. The van der Waals surface area contributed by atoms with Crippen LogP contribution in [-0.4, -0.2) is 45.2 Å². The lowest BCUT2D eigenvalue weighted by atomic mass is 10.2. The zero-order valence-corrected chi connectivity index (χ0v) is 17.7. The molecule has 0 heterocycles. The van der Waals surface area contributed by atoms with Crippen molar-refractivity contribution >= 4 is 29.9 Å².